The van der Waals surface area contributed by atoms with E-state index >= 15 is 0 Å². The summed E-state index contributed by atoms with van der Waals surface area (Å²) in [6, 6.07) is 81.8. The zero-order chi connectivity index (χ0) is 42.0. The van der Waals surface area contributed by atoms with Gasteiger partial charge in [0.05, 0.1) is 0 Å². The Morgan fingerprint density at radius 1 is 0.317 bits per heavy atom. The molecule has 10 aromatic carbocycles. The van der Waals surface area contributed by atoms with Gasteiger partial charge in [-0.1, -0.05) is 158 Å². The molecule has 0 bridgehead atoms. The zero-order valence-corrected chi connectivity index (χ0v) is 41.4. The summed E-state index contributed by atoms with van der Waals surface area (Å²) in [7, 11) is -2.05. The Morgan fingerprint density at radius 3 is 0.873 bits per heavy atom. The van der Waals surface area contributed by atoms with E-state index in [1.807, 2.05) is 60.7 Å². The molecule has 0 radical (unpaired) electrons. The molecule has 0 heterocycles. The Morgan fingerprint density at radius 2 is 0.571 bits per heavy atom. The first-order chi connectivity index (χ1) is 29.9. The van der Waals surface area contributed by atoms with Crippen molar-refractivity contribution in [3.05, 3.63) is 254 Å². The van der Waals surface area contributed by atoms with Gasteiger partial charge in [0, 0.05) is 13.8 Å². The van der Waals surface area contributed by atoms with Crippen LogP contribution in [0.5, 0.6) is 0 Å². The summed E-state index contributed by atoms with van der Waals surface area (Å²) in [5, 5.41) is 15.7. The maximum atomic E-state index is 7.18. The van der Waals surface area contributed by atoms with Gasteiger partial charge >= 0.3 is 44.8 Å². The third kappa shape index (κ3) is 10.9. The number of hydrogen-bond donors (Lipinski definition) is 0. The van der Waals surface area contributed by atoms with Gasteiger partial charge in [-0.3, -0.25) is 11.8 Å². The van der Waals surface area contributed by atoms with E-state index in [1.165, 1.54) is 64.3 Å². The SMILES string of the molecule is CC(C)([PH+](c1ccccc1)c1ccccc1)[PH+](c1ccccc1)c1ccccc1.[Au+].[Au+].[C-]#Cc1ccc2ccc3ccccc3c2c1.[C-]#Cc1ccc2ccc3ccccc3c2c1. The standard InChI is InChI=1S/C27H26P2.2C16H9.2Au/c1-27(2,28(23-15-7-3-8-16-23)24-17-9-4-10-18-24)29(25-19-11-5-12-20-25)26-21-13-6-14-22-26;2*1-2-12-7-8-14-10-9-13-5-3-4-6-15(13)16(14)11-12;;/h3-22H,1-2H3;2*3-11H;;/q;2*-1;2*+1/p+2. The van der Waals surface area contributed by atoms with Crippen LogP contribution in [0.4, 0.5) is 0 Å². The second-order valence-electron chi connectivity index (χ2n) is 15.5. The van der Waals surface area contributed by atoms with E-state index in [2.05, 4.69) is 196 Å². The molecular formula is C59H46Au2P2+2. The van der Waals surface area contributed by atoms with Crippen molar-refractivity contribution in [2.75, 3.05) is 0 Å². The molecule has 312 valence electrons. The minimum Gasteiger partial charge on any atom is -0.366 e. The van der Waals surface area contributed by atoms with Gasteiger partial charge in [0.15, 0.2) is 4.90 Å². The molecule has 10 aromatic rings. The fraction of sp³-hybridized carbons (Fsp3) is 0.0508. The summed E-state index contributed by atoms with van der Waals surface area (Å²) in [5.74, 6) is 4.87. The third-order valence-electron chi connectivity index (χ3n) is 11.3. The average Bonchev–Trinajstić information content (AvgIpc) is 3.33. The van der Waals surface area contributed by atoms with Crippen LogP contribution in [0.3, 0.4) is 0 Å². The smallest absolute Gasteiger partial charge is 0.366 e. The summed E-state index contributed by atoms with van der Waals surface area (Å²) in [6.07, 6.45) is 14.4. The van der Waals surface area contributed by atoms with Crippen LogP contribution in [0.1, 0.15) is 25.0 Å². The number of benzene rings is 10. The van der Waals surface area contributed by atoms with Gasteiger partial charge in [0.1, 0.15) is 37.1 Å². The van der Waals surface area contributed by atoms with Crippen LogP contribution in [-0.4, -0.2) is 4.90 Å². The molecule has 0 amide bonds. The summed E-state index contributed by atoms with van der Waals surface area (Å²) in [5.41, 5.74) is 1.65. The summed E-state index contributed by atoms with van der Waals surface area (Å²) in [4.78, 5) is 0.154. The first-order valence-corrected chi connectivity index (χ1v) is 23.6. The Bertz CT molecular complexity index is 2840. The molecule has 0 N–H and O–H groups in total. The van der Waals surface area contributed by atoms with E-state index in [0.29, 0.717) is 0 Å². The van der Waals surface area contributed by atoms with Crippen molar-refractivity contribution in [1.82, 2.24) is 0 Å². The molecule has 0 fully saturated rings. The largest absolute Gasteiger partial charge is 1.00 e. The van der Waals surface area contributed by atoms with Gasteiger partial charge in [-0.2, -0.15) is 0 Å². The zero-order valence-electron chi connectivity index (χ0n) is 35.0. The molecule has 0 atom stereocenters. The molecule has 0 unspecified atom stereocenters. The fourth-order valence-corrected chi connectivity index (χ4v) is 16.9. The van der Waals surface area contributed by atoms with Gasteiger partial charge < -0.3 is 12.8 Å². The summed E-state index contributed by atoms with van der Waals surface area (Å²) >= 11 is 0. The average molecular weight is 1210 g/mol. The molecule has 0 saturated heterocycles. The third-order valence-corrected chi connectivity index (χ3v) is 18.9. The summed E-state index contributed by atoms with van der Waals surface area (Å²) in [6.45, 7) is 5.02. The van der Waals surface area contributed by atoms with Crippen LogP contribution in [0, 0.1) is 24.7 Å². The Balaban J connectivity index is 0.000000166. The molecule has 0 nitrogen and oxygen atoms in total. The minimum atomic E-state index is -1.02. The number of fused-ring (bicyclic) bond motifs is 6. The molecule has 0 aromatic heterocycles. The van der Waals surface area contributed by atoms with Crippen molar-refractivity contribution in [1.29, 1.82) is 0 Å². The van der Waals surface area contributed by atoms with Crippen molar-refractivity contribution in [3.63, 3.8) is 0 Å². The number of hydrogen-bond acceptors (Lipinski definition) is 0. The quantitative estimate of drug-likeness (QED) is 0.0512. The molecule has 0 aliphatic heterocycles. The molecule has 0 aliphatic carbocycles. The van der Waals surface area contributed by atoms with Gasteiger partial charge in [0.25, 0.3) is 0 Å². The molecule has 0 spiro atoms. The molecule has 4 heteroatoms. The Hall–Kier alpha value is -5.30. The van der Waals surface area contributed by atoms with Crippen molar-refractivity contribution in [2.45, 2.75) is 18.7 Å². The number of rotatable bonds is 6. The van der Waals surface area contributed by atoms with Crippen molar-refractivity contribution < 1.29 is 44.8 Å². The maximum absolute atomic E-state index is 7.18. The van der Waals surface area contributed by atoms with Crippen LogP contribution in [-0.2, 0) is 44.8 Å². The molecular weight excluding hydrogens is 1160 g/mol. The minimum absolute atomic E-state index is 0. The first kappa shape index (κ1) is 47.2. The van der Waals surface area contributed by atoms with Crippen LogP contribution in [0.25, 0.3) is 43.1 Å². The van der Waals surface area contributed by atoms with Crippen LogP contribution < -0.4 is 21.2 Å². The van der Waals surface area contributed by atoms with E-state index in [1.54, 1.807) is 0 Å². The fourth-order valence-electron chi connectivity index (χ4n) is 8.48. The molecule has 63 heavy (non-hydrogen) atoms. The van der Waals surface area contributed by atoms with Crippen molar-refractivity contribution in [2.24, 2.45) is 0 Å². The van der Waals surface area contributed by atoms with E-state index < -0.39 is 15.8 Å². The maximum Gasteiger partial charge on any atom is 1.00 e. The monoisotopic (exact) mass is 1210 g/mol. The van der Waals surface area contributed by atoms with Crippen molar-refractivity contribution >= 4 is 80.2 Å². The summed E-state index contributed by atoms with van der Waals surface area (Å²) < 4.78 is 0. The first-order valence-electron chi connectivity index (χ1n) is 20.6. The topological polar surface area (TPSA) is 0 Å². The molecule has 0 saturated carbocycles. The van der Waals surface area contributed by atoms with Gasteiger partial charge in [-0.05, 0) is 91.6 Å². The molecule has 0 aliphatic rings. The van der Waals surface area contributed by atoms with Gasteiger partial charge in [-0.25, -0.2) is 0 Å². The Kier molecular flexibility index (Phi) is 16.7. The van der Waals surface area contributed by atoms with Gasteiger partial charge in [0.2, 0.25) is 0 Å². The second kappa shape index (κ2) is 22.4. The predicted octanol–water partition coefficient (Wildman–Crippen LogP) is 13.3. The molecule has 10 rings (SSSR count). The predicted molar refractivity (Wildman–Crippen MR) is 270 cm³/mol. The Labute approximate surface area is 406 Å². The van der Waals surface area contributed by atoms with Crippen LogP contribution in [0.15, 0.2) is 231 Å². The second-order valence-corrected chi connectivity index (χ2v) is 22.3. The van der Waals surface area contributed by atoms with Gasteiger partial charge in [-0.15, -0.1) is 35.4 Å². The normalized spacial score (nSPS) is 10.7. The van der Waals surface area contributed by atoms with Crippen molar-refractivity contribution in [3.8, 4) is 11.8 Å². The van der Waals surface area contributed by atoms with E-state index in [-0.39, 0.29) is 49.7 Å². The van der Waals surface area contributed by atoms with Crippen LogP contribution in [0.2, 0.25) is 0 Å². The van der Waals surface area contributed by atoms with E-state index in [4.69, 9.17) is 12.8 Å². The van der Waals surface area contributed by atoms with Crippen LogP contribution >= 0.6 is 15.8 Å². The van der Waals surface area contributed by atoms with E-state index in [0.717, 1.165) is 11.1 Å². The van der Waals surface area contributed by atoms with E-state index in [9.17, 15) is 0 Å².